The van der Waals surface area contributed by atoms with Crippen LogP contribution >= 0.6 is 0 Å². The third-order valence-corrected chi connectivity index (χ3v) is 5.23. The average Bonchev–Trinajstić information content (AvgIpc) is 2.60. The van der Waals surface area contributed by atoms with Crippen molar-refractivity contribution in [1.29, 1.82) is 0 Å². The van der Waals surface area contributed by atoms with Gasteiger partial charge in [0.1, 0.15) is 0 Å². The van der Waals surface area contributed by atoms with Crippen molar-refractivity contribution < 1.29 is 0 Å². The Morgan fingerprint density at radius 2 is 1.79 bits per heavy atom. The molecule has 2 aliphatic rings. The summed E-state index contributed by atoms with van der Waals surface area (Å²) in [7, 11) is 0. The normalized spacial score (nSPS) is 33.0. The first-order chi connectivity index (χ1) is 9.07. The van der Waals surface area contributed by atoms with Gasteiger partial charge in [-0.2, -0.15) is 0 Å². The molecule has 0 radical (unpaired) electrons. The molecule has 0 aromatic heterocycles. The Morgan fingerprint density at radius 1 is 1.11 bits per heavy atom. The van der Waals surface area contributed by atoms with E-state index in [9.17, 15) is 0 Å². The van der Waals surface area contributed by atoms with Crippen molar-refractivity contribution >= 4 is 0 Å². The molecule has 2 fully saturated rings. The lowest BCUT2D eigenvalue weighted by atomic mass is 9.70. The summed E-state index contributed by atoms with van der Waals surface area (Å²) in [6, 6.07) is 0.764. The summed E-state index contributed by atoms with van der Waals surface area (Å²) in [6.07, 6.45) is 9.85. The second-order valence-corrected chi connectivity index (χ2v) is 7.70. The highest BCUT2D eigenvalue weighted by Crippen LogP contribution is 2.38. The largest absolute Gasteiger partial charge is 0.312 e. The van der Waals surface area contributed by atoms with Crippen molar-refractivity contribution in [2.75, 3.05) is 26.2 Å². The van der Waals surface area contributed by atoms with Crippen LogP contribution in [-0.4, -0.2) is 37.1 Å². The van der Waals surface area contributed by atoms with Gasteiger partial charge in [-0.05, 0) is 56.5 Å². The zero-order valence-corrected chi connectivity index (χ0v) is 13.4. The van der Waals surface area contributed by atoms with E-state index in [4.69, 9.17) is 0 Å². The van der Waals surface area contributed by atoms with Crippen LogP contribution in [-0.2, 0) is 0 Å². The first-order valence-corrected chi connectivity index (χ1v) is 8.53. The predicted octanol–water partition coefficient (Wildman–Crippen LogP) is 3.67. The number of rotatable bonds is 4. The van der Waals surface area contributed by atoms with Crippen LogP contribution in [0.15, 0.2) is 0 Å². The van der Waals surface area contributed by atoms with Crippen LogP contribution in [0.4, 0.5) is 0 Å². The summed E-state index contributed by atoms with van der Waals surface area (Å²) >= 11 is 0. The summed E-state index contributed by atoms with van der Waals surface area (Å²) in [5.74, 6) is 0.841. The van der Waals surface area contributed by atoms with Gasteiger partial charge in [0.25, 0.3) is 0 Å². The minimum Gasteiger partial charge on any atom is -0.312 e. The van der Waals surface area contributed by atoms with Gasteiger partial charge in [-0.25, -0.2) is 0 Å². The quantitative estimate of drug-likeness (QED) is 0.835. The van der Waals surface area contributed by atoms with Crippen molar-refractivity contribution in [3.05, 3.63) is 0 Å². The van der Waals surface area contributed by atoms with E-state index in [2.05, 4.69) is 31.0 Å². The lowest BCUT2D eigenvalue weighted by Gasteiger charge is -2.40. The average molecular weight is 266 g/mol. The third kappa shape index (κ3) is 5.07. The number of hydrogen-bond acceptors (Lipinski definition) is 2. The van der Waals surface area contributed by atoms with Crippen LogP contribution < -0.4 is 5.32 Å². The van der Waals surface area contributed by atoms with Gasteiger partial charge < -0.3 is 10.2 Å². The molecular formula is C17H34N2. The van der Waals surface area contributed by atoms with E-state index >= 15 is 0 Å². The van der Waals surface area contributed by atoms with Crippen LogP contribution in [0.3, 0.4) is 0 Å². The van der Waals surface area contributed by atoms with Crippen molar-refractivity contribution in [2.24, 2.45) is 11.3 Å². The van der Waals surface area contributed by atoms with Crippen molar-refractivity contribution in [2.45, 2.75) is 71.8 Å². The molecule has 2 unspecified atom stereocenters. The van der Waals surface area contributed by atoms with Crippen molar-refractivity contribution in [3.63, 3.8) is 0 Å². The Bertz CT molecular complexity index is 254. The molecule has 2 rings (SSSR count). The van der Waals surface area contributed by atoms with Gasteiger partial charge in [0, 0.05) is 19.1 Å². The van der Waals surface area contributed by atoms with E-state index in [1.54, 1.807) is 0 Å². The van der Waals surface area contributed by atoms with E-state index in [1.165, 1.54) is 71.1 Å². The minimum atomic E-state index is 0.572. The van der Waals surface area contributed by atoms with Gasteiger partial charge in [-0.1, -0.05) is 33.6 Å². The molecule has 0 spiro atoms. The molecule has 2 nitrogen and oxygen atoms in total. The molecule has 1 aliphatic carbocycles. The zero-order chi connectivity index (χ0) is 13.7. The Hall–Kier alpha value is -0.0800. The standard InChI is InChI=1S/C17H34N2/c1-15-14-17(2,3)9-8-16(15)18-10-13-19-11-6-4-5-7-12-19/h15-16,18H,4-14H2,1-3H3. The van der Waals surface area contributed by atoms with E-state index in [0.717, 1.165) is 12.0 Å². The summed E-state index contributed by atoms with van der Waals surface area (Å²) < 4.78 is 0. The molecule has 0 bridgehead atoms. The SMILES string of the molecule is CC1CC(C)(C)CCC1NCCN1CCCCCC1. The molecule has 1 heterocycles. The maximum atomic E-state index is 3.84. The second kappa shape index (κ2) is 7.08. The fourth-order valence-corrected chi connectivity index (χ4v) is 4.02. The first-order valence-electron chi connectivity index (χ1n) is 8.53. The Labute approximate surface area is 120 Å². The highest BCUT2D eigenvalue weighted by atomic mass is 15.1. The van der Waals surface area contributed by atoms with Gasteiger partial charge in [0.15, 0.2) is 0 Å². The molecule has 0 amide bonds. The van der Waals surface area contributed by atoms with Crippen molar-refractivity contribution in [3.8, 4) is 0 Å². The molecule has 19 heavy (non-hydrogen) atoms. The number of likely N-dealkylation sites (tertiary alicyclic amines) is 1. The highest BCUT2D eigenvalue weighted by molar-refractivity contribution is 4.86. The molecule has 1 saturated heterocycles. The Balaban J connectivity index is 1.65. The topological polar surface area (TPSA) is 15.3 Å². The molecular weight excluding hydrogens is 232 g/mol. The van der Waals surface area contributed by atoms with E-state index in [0.29, 0.717) is 5.41 Å². The Kier molecular flexibility index (Phi) is 5.70. The van der Waals surface area contributed by atoms with Crippen molar-refractivity contribution in [1.82, 2.24) is 10.2 Å². The third-order valence-electron chi connectivity index (χ3n) is 5.23. The molecule has 2 heteroatoms. The molecule has 0 aromatic carbocycles. The smallest absolute Gasteiger partial charge is 0.0107 e. The minimum absolute atomic E-state index is 0.572. The molecule has 1 aliphatic heterocycles. The van der Waals surface area contributed by atoms with Gasteiger partial charge in [-0.15, -0.1) is 0 Å². The van der Waals surface area contributed by atoms with E-state index in [1.807, 2.05) is 0 Å². The number of nitrogens with zero attached hydrogens (tertiary/aromatic N) is 1. The lowest BCUT2D eigenvalue weighted by molar-refractivity contribution is 0.146. The maximum absolute atomic E-state index is 3.84. The Morgan fingerprint density at radius 3 is 2.42 bits per heavy atom. The van der Waals surface area contributed by atoms with E-state index < -0.39 is 0 Å². The monoisotopic (exact) mass is 266 g/mol. The molecule has 0 aromatic rings. The van der Waals surface area contributed by atoms with Gasteiger partial charge in [-0.3, -0.25) is 0 Å². The fraction of sp³-hybridized carbons (Fsp3) is 1.00. The zero-order valence-electron chi connectivity index (χ0n) is 13.4. The highest BCUT2D eigenvalue weighted by Gasteiger charge is 2.31. The second-order valence-electron chi connectivity index (χ2n) is 7.70. The molecule has 112 valence electrons. The van der Waals surface area contributed by atoms with Crippen LogP contribution in [0.5, 0.6) is 0 Å². The fourth-order valence-electron chi connectivity index (χ4n) is 4.02. The number of hydrogen-bond donors (Lipinski definition) is 1. The molecule has 2 atom stereocenters. The predicted molar refractivity (Wildman–Crippen MR) is 83.5 cm³/mol. The van der Waals surface area contributed by atoms with Crippen LogP contribution in [0, 0.1) is 11.3 Å². The lowest BCUT2D eigenvalue weighted by Crippen LogP contribution is -2.44. The first kappa shape index (κ1) is 15.3. The molecule has 1 saturated carbocycles. The van der Waals surface area contributed by atoms with Gasteiger partial charge in [0.2, 0.25) is 0 Å². The summed E-state index contributed by atoms with van der Waals surface area (Å²) in [4.78, 5) is 2.66. The summed E-state index contributed by atoms with van der Waals surface area (Å²) in [6.45, 7) is 12.4. The summed E-state index contributed by atoms with van der Waals surface area (Å²) in [5.41, 5.74) is 0.572. The summed E-state index contributed by atoms with van der Waals surface area (Å²) in [5, 5.41) is 3.84. The van der Waals surface area contributed by atoms with Gasteiger partial charge >= 0.3 is 0 Å². The maximum Gasteiger partial charge on any atom is 0.0107 e. The van der Waals surface area contributed by atoms with E-state index in [-0.39, 0.29) is 0 Å². The van der Waals surface area contributed by atoms with Crippen LogP contribution in [0.1, 0.15) is 65.7 Å². The van der Waals surface area contributed by atoms with Crippen LogP contribution in [0.2, 0.25) is 0 Å². The number of nitrogens with one attached hydrogen (secondary N) is 1. The van der Waals surface area contributed by atoms with Gasteiger partial charge in [0.05, 0.1) is 0 Å². The van der Waals surface area contributed by atoms with Crippen LogP contribution in [0.25, 0.3) is 0 Å². The molecule has 1 N–H and O–H groups in total.